The first kappa shape index (κ1) is 13.6. The van der Waals surface area contributed by atoms with Gasteiger partial charge in [-0.1, -0.05) is 18.2 Å². The SMILES string of the molecule is CN(Cc1nc2ccccc2[nH]1)C(=O)/C=C\c1cccs1. The average molecular weight is 297 g/mol. The molecule has 0 saturated heterocycles. The van der Waals surface area contributed by atoms with E-state index in [2.05, 4.69) is 9.97 Å². The van der Waals surface area contributed by atoms with E-state index in [1.54, 1.807) is 29.4 Å². The Morgan fingerprint density at radius 2 is 2.19 bits per heavy atom. The molecule has 1 N–H and O–H groups in total. The van der Waals surface area contributed by atoms with Gasteiger partial charge in [0.25, 0.3) is 0 Å². The number of thiophene rings is 1. The molecule has 0 aliphatic rings. The van der Waals surface area contributed by atoms with Crippen molar-refractivity contribution in [1.29, 1.82) is 0 Å². The third-order valence-electron chi connectivity index (χ3n) is 3.13. The number of aromatic nitrogens is 2. The molecule has 4 nitrogen and oxygen atoms in total. The summed E-state index contributed by atoms with van der Waals surface area (Å²) < 4.78 is 0. The molecule has 0 radical (unpaired) electrons. The molecule has 1 aromatic carbocycles. The number of imidazole rings is 1. The van der Waals surface area contributed by atoms with Gasteiger partial charge in [0.2, 0.25) is 5.91 Å². The van der Waals surface area contributed by atoms with E-state index in [0.29, 0.717) is 6.54 Å². The van der Waals surface area contributed by atoms with Crippen molar-refractivity contribution in [2.75, 3.05) is 7.05 Å². The van der Waals surface area contributed by atoms with E-state index in [1.165, 1.54) is 0 Å². The number of hydrogen-bond acceptors (Lipinski definition) is 3. The van der Waals surface area contributed by atoms with Gasteiger partial charge in [-0.05, 0) is 29.7 Å². The maximum atomic E-state index is 12.1. The summed E-state index contributed by atoms with van der Waals surface area (Å²) in [4.78, 5) is 22.5. The first-order valence-electron chi connectivity index (χ1n) is 6.63. The number of H-pyrrole nitrogens is 1. The van der Waals surface area contributed by atoms with Crippen molar-refractivity contribution in [2.45, 2.75) is 6.54 Å². The summed E-state index contributed by atoms with van der Waals surface area (Å²) in [5, 5.41) is 1.99. The Morgan fingerprint density at radius 1 is 1.33 bits per heavy atom. The van der Waals surface area contributed by atoms with Gasteiger partial charge in [-0.25, -0.2) is 4.98 Å². The number of nitrogens with zero attached hydrogens (tertiary/aromatic N) is 2. The van der Waals surface area contributed by atoms with Crippen molar-refractivity contribution in [3.05, 3.63) is 58.6 Å². The molecule has 1 amide bonds. The molecule has 0 saturated carbocycles. The molecular formula is C16H15N3OS. The monoisotopic (exact) mass is 297 g/mol. The number of fused-ring (bicyclic) bond motifs is 1. The molecule has 0 bridgehead atoms. The lowest BCUT2D eigenvalue weighted by Gasteiger charge is -2.12. The first-order chi connectivity index (χ1) is 10.2. The van der Waals surface area contributed by atoms with Crippen LogP contribution in [0.2, 0.25) is 0 Å². The highest BCUT2D eigenvalue weighted by Crippen LogP contribution is 2.12. The highest BCUT2D eigenvalue weighted by molar-refractivity contribution is 7.10. The highest BCUT2D eigenvalue weighted by Gasteiger charge is 2.09. The van der Waals surface area contributed by atoms with Crippen LogP contribution < -0.4 is 0 Å². The first-order valence-corrected chi connectivity index (χ1v) is 7.50. The molecular weight excluding hydrogens is 282 g/mol. The van der Waals surface area contributed by atoms with Gasteiger partial charge in [0.15, 0.2) is 0 Å². The van der Waals surface area contributed by atoms with E-state index in [4.69, 9.17) is 0 Å². The van der Waals surface area contributed by atoms with Crippen molar-refractivity contribution >= 4 is 34.4 Å². The summed E-state index contributed by atoms with van der Waals surface area (Å²) in [7, 11) is 1.77. The maximum absolute atomic E-state index is 12.1. The van der Waals surface area contributed by atoms with Crippen LogP contribution in [0.1, 0.15) is 10.7 Å². The van der Waals surface area contributed by atoms with Crippen LogP contribution in [0.3, 0.4) is 0 Å². The van der Waals surface area contributed by atoms with Crippen molar-refractivity contribution < 1.29 is 4.79 Å². The molecule has 0 spiro atoms. The van der Waals surface area contributed by atoms with Crippen molar-refractivity contribution in [3.63, 3.8) is 0 Å². The second kappa shape index (κ2) is 5.93. The molecule has 21 heavy (non-hydrogen) atoms. The Bertz CT molecular complexity index is 741. The topological polar surface area (TPSA) is 49.0 Å². The van der Waals surface area contributed by atoms with Crippen LogP contribution in [0.15, 0.2) is 47.9 Å². The molecule has 0 unspecified atom stereocenters. The van der Waals surface area contributed by atoms with E-state index in [0.717, 1.165) is 21.7 Å². The Kier molecular flexibility index (Phi) is 3.83. The van der Waals surface area contributed by atoms with Gasteiger partial charge in [0.05, 0.1) is 17.6 Å². The van der Waals surface area contributed by atoms with E-state index in [-0.39, 0.29) is 5.91 Å². The number of hydrogen-bond donors (Lipinski definition) is 1. The molecule has 106 valence electrons. The zero-order valence-corrected chi connectivity index (χ0v) is 12.4. The average Bonchev–Trinajstić information content (AvgIpc) is 3.13. The zero-order valence-electron chi connectivity index (χ0n) is 11.6. The number of rotatable bonds is 4. The fourth-order valence-electron chi connectivity index (χ4n) is 2.05. The van der Waals surface area contributed by atoms with E-state index < -0.39 is 0 Å². The molecule has 0 aliphatic carbocycles. The molecule has 0 aliphatic heterocycles. The summed E-state index contributed by atoms with van der Waals surface area (Å²) in [6.07, 6.45) is 3.43. The quantitative estimate of drug-likeness (QED) is 0.751. The van der Waals surface area contributed by atoms with E-state index in [1.807, 2.05) is 47.9 Å². The van der Waals surface area contributed by atoms with Crippen molar-refractivity contribution in [3.8, 4) is 0 Å². The zero-order chi connectivity index (χ0) is 14.7. The summed E-state index contributed by atoms with van der Waals surface area (Å²) in [5.74, 6) is 0.750. The lowest BCUT2D eigenvalue weighted by atomic mass is 10.3. The van der Waals surface area contributed by atoms with Gasteiger partial charge >= 0.3 is 0 Å². The fourth-order valence-corrected chi connectivity index (χ4v) is 2.67. The minimum absolute atomic E-state index is 0.0381. The summed E-state index contributed by atoms with van der Waals surface area (Å²) >= 11 is 1.61. The number of aromatic amines is 1. The van der Waals surface area contributed by atoms with Gasteiger partial charge in [0.1, 0.15) is 5.82 Å². The molecule has 3 aromatic rings. The lowest BCUT2D eigenvalue weighted by Crippen LogP contribution is -2.24. The van der Waals surface area contributed by atoms with Crippen LogP contribution in [-0.4, -0.2) is 27.8 Å². The Balaban J connectivity index is 1.67. The van der Waals surface area contributed by atoms with Crippen LogP contribution in [0, 0.1) is 0 Å². The van der Waals surface area contributed by atoms with Crippen LogP contribution in [0.25, 0.3) is 17.1 Å². The molecule has 0 fully saturated rings. The van der Waals surface area contributed by atoms with Gasteiger partial charge in [0, 0.05) is 18.0 Å². The third kappa shape index (κ3) is 3.20. The van der Waals surface area contributed by atoms with Crippen LogP contribution in [0.5, 0.6) is 0 Å². The Labute approximate surface area is 126 Å². The summed E-state index contributed by atoms with van der Waals surface area (Å²) in [5.41, 5.74) is 1.91. The van der Waals surface area contributed by atoms with Gasteiger partial charge in [-0.2, -0.15) is 0 Å². The number of carbonyl (C=O) groups excluding carboxylic acids is 1. The Hall–Kier alpha value is -2.40. The number of para-hydroxylation sites is 2. The lowest BCUT2D eigenvalue weighted by molar-refractivity contribution is -0.125. The predicted molar refractivity (Wildman–Crippen MR) is 85.9 cm³/mol. The van der Waals surface area contributed by atoms with E-state index >= 15 is 0 Å². The number of benzene rings is 1. The van der Waals surface area contributed by atoms with Gasteiger partial charge < -0.3 is 9.88 Å². The normalized spacial score (nSPS) is 11.3. The van der Waals surface area contributed by atoms with Crippen LogP contribution >= 0.6 is 11.3 Å². The smallest absolute Gasteiger partial charge is 0.246 e. The fraction of sp³-hybridized carbons (Fsp3) is 0.125. The van der Waals surface area contributed by atoms with Crippen molar-refractivity contribution in [1.82, 2.24) is 14.9 Å². The number of amides is 1. The highest BCUT2D eigenvalue weighted by atomic mass is 32.1. The van der Waals surface area contributed by atoms with Crippen LogP contribution in [-0.2, 0) is 11.3 Å². The minimum atomic E-state index is -0.0381. The maximum Gasteiger partial charge on any atom is 0.246 e. The largest absolute Gasteiger partial charge is 0.340 e. The molecule has 0 atom stereocenters. The minimum Gasteiger partial charge on any atom is -0.340 e. The standard InChI is InChI=1S/C16H15N3OS/c1-19(16(20)9-8-12-5-4-10-21-12)11-15-17-13-6-2-3-7-14(13)18-15/h2-10H,11H2,1H3,(H,17,18)/b9-8-. The second-order valence-corrected chi connectivity index (χ2v) is 5.72. The number of nitrogens with one attached hydrogen (secondary N) is 1. The van der Waals surface area contributed by atoms with Gasteiger partial charge in [-0.15, -0.1) is 11.3 Å². The van der Waals surface area contributed by atoms with Gasteiger partial charge in [-0.3, -0.25) is 4.79 Å². The second-order valence-electron chi connectivity index (χ2n) is 4.74. The number of likely N-dealkylation sites (N-methyl/N-ethyl adjacent to an activating group) is 1. The number of carbonyl (C=O) groups is 1. The molecule has 5 heteroatoms. The molecule has 3 rings (SSSR count). The molecule has 2 aromatic heterocycles. The predicted octanol–water partition coefficient (Wildman–Crippen LogP) is 3.30. The van der Waals surface area contributed by atoms with Crippen molar-refractivity contribution in [2.24, 2.45) is 0 Å². The van der Waals surface area contributed by atoms with Crippen LogP contribution in [0.4, 0.5) is 0 Å². The van der Waals surface area contributed by atoms with E-state index in [9.17, 15) is 4.79 Å². The summed E-state index contributed by atoms with van der Waals surface area (Å²) in [6, 6.07) is 11.8. The molecule has 2 heterocycles. The Morgan fingerprint density at radius 3 is 2.95 bits per heavy atom. The third-order valence-corrected chi connectivity index (χ3v) is 3.97. The summed E-state index contributed by atoms with van der Waals surface area (Å²) in [6.45, 7) is 0.461.